The summed E-state index contributed by atoms with van der Waals surface area (Å²) >= 11 is 0. The monoisotopic (exact) mass is 218 g/mol. The van der Waals surface area contributed by atoms with Gasteiger partial charge in [0, 0.05) is 13.8 Å². The van der Waals surface area contributed by atoms with Crippen LogP contribution in [0.3, 0.4) is 0 Å². The van der Waals surface area contributed by atoms with Gasteiger partial charge in [-0.2, -0.15) is 0 Å². The molecule has 5 heteroatoms. The standard InChI is InChI=1S/C9H18O4Si/c1-8(10)12-6-5-7-14(3,4)13-9(2)11/h5-7H2,1-4H3. The van der Waals surface area contributed by atoms with Crippen LogP contribution >= 0.6 is 0 Å². The van der Waals surface area contributed by atoms with Gasteiger partial charge in [0.15, 0.2) is 0 Å². The molecule has 0 saturated heterocycles. The Bertz CT molecular complexity index is 213. The molecule has 0 heterocycles. The lowest BCUT2D eigenvalue weighted by molar-refractivity contribution is -0.141. The lowest BCUT2D eigenvalue weighted by Gasteiger charge is -2.21. The highest BCUT2D eigenvalue weighted by Gasteiger charge is 2.24. The first-order valence-electron chi connectivity index (χ1n) is 4.66. The Labute approximate surface area is 85.7 Å². The van der Waals surface area contributed by atoms with Crippen molar-refractivity contribution in [2.24, 2.45) is 0 Å². The number of rotatable bonds is 5. The fourth-order valence-corrected chi connectivity index (χ4v) is 3.03. The van der Waals surface area contributed by atoms with Crippen LogP contribution in [-0.2, 0) is 18.8 Å². The van der Waals surface area contributed by atoms with Crippen molar-refractivity contribution in [3.63, 3.8) is 0 Å². The molecule has 0 rings (SSSR count). The zero-order chi connectivity index (χ0) is 11.2. The maximum absolute atomic E-state index is 10.7. The predicted octanol–water partition coefficient (Wildman–Crippen LogP) is 1.71. The van der Waals surface area contributed by atoms with Crippen LogP contribution in [0.2, 0.25) is 19.1 Å². The Balaban J connectivity index is 3.65. The van der Waals surface area contributed by atoms with Crippen LogP contribution in [0.25, 0.3) is 0 Å². The van der Waals surface area contributed by atoms with E-state index in [-0.39, 0.29) is 11.9 Å². The highest BCUT2D eigenvalue weighted by Crippen LogP contribution is 2.13. The van der Waals surface area contributed by atoms with E-state index in [1.54, 1.807) is 0 Å². The molecule has 0 aliphatic rings. The zero-order valence-corrected chi connectivity index (χ0v) is 10.3. The normalized spacial score (nSPS) is 10.9. The number of hydrogen-bond acceptors (Lipinski definition) is 4. The number of esters is 1. The van der Waals surface area contributed by atoms with Crippen LogP contribution in [-0.4, -0.2) is 26.9 Å². The Morgan fingerprint density at radius 2 is 1.71 bits per heavy atom. The third kappa shape index (κ3) is 7.79. The van der Waals surface area contributed by atoms with Crippen molar-refractivity contribution in [2.75, 3.05) is 6.61 Å². The van der Waals surface area contributed by atoms with Gasteiger partial charge in [0.05, 0.1) is 6.61 Å². The van der Waals surface area contributed by atoms with Gasteiger partial charge in [-0.05, 0) is 25.6 Å². The van der Waals surface area contributed by atoms with E-state index in [4.69, 9.17) is 9.16 Å². The van der Waals surface area contributed by atoms with Gasteiger partial charge < -0.3 is 9.16 Å². The van der Waals surface area contributed by atoms with Crippen molar-refractivity contribution in [1.29, 1.82) is 0 Å². The molecular formula is C9H18O4Si. The van der Waals surface area contributed by atoms with E-state index in [9.17, 15) is 9.59 Å². The highest BCUT2D eigenvalue weighted by atomic mass is 28.4. The van der Waals surface area contributed by atoms with Crippen molar-refractivity contribution in [3.8, 4) is 0 Å². The van der Waals surface area contributed by atoms with Gasteiger partial charge in [0.25, 0.3) is 5.97 Å². The van der Waals surface area contributed by atoms with E-state index >= 15 is 0 Å². The summed E-state index contributed by atoms with van der Waals surface area (Å²) in [6.45, 7) is 7.16. The molecule has 0 aromatic carbocycles. The van der Waals surface area contributed by atoms with Crippen molar-refractivity contribution in [3.05, 3.63) is 0 Å². The summed E-state index contributed by atoms with van der Waals surface area (Å²) in [5.41, 5.74) is 0. The molecule has 0 bridgehead atoms. The quantitative estimate of drug-likeness (QED) is 0.400. The molecule has 0 radical (unpaired) electrons. The molecule has 0 aliphatic carbocycles. The molecule has 0 saturated carbocycles. The largest absolute Gasteiger partial charge is 0.520 e. The SMILES string of the molecule is CC(=O)OCCC[Si](C)(C)OC(C)=O. The summed E-state index contributed by atoms with van der Waals surface area (Å²) < 4.78 is 9.99. The van der Waals surface area contributed by atoms with Crippen molar-refractivity contribution in [1.82, 2.24) is 0 Å². The molecule has 0 aromatic rings. The highest BCUT2D eigenvalue weighted by molar-refractivity contribution is 6.72. The minimum absolute atomic E-state index is 0.228. The number of hydrogen-bond donors (Lipinski definition) is 0. The lowest BCUT2D eigenvalue weighted by atomic mass is 10.5. The van der Waals surface area contributed by atoms with Crippen LogP contribution < -0.4 is 0 Å². The number of carbonyl (C=O) groups is 2. The molecule has 0 fully saturated rings. The van der Waals surface area contributed by atoms with Crippen LogP contribution in [0.1, 0.15) is 20.3 Å². The van der Waals surface area contributed by atoms with Gasteiger partial charge in [0.2, 0.25) is 8.32 Å². The van der Waals surface area contributed by atoms with E-state index in [2.05, 4.69) is 0 Å². The molecule has 0 unspecified atom stereocenters. The Morgan fingerprint density at radius 3 is 2.14 bits per heavy atom. The maximum atomic E-state index is 10.7. The second kappa shape index (κ2) is 5.80. The average molecular weight is 218 g/mol. The first-order chi connectivity index (χ1) is 6.33. The Hall–Kier alpha value is -0.843. The summed E-state index contributed by atoms with van der Waals surface area (Å²) in [4.78, 5) is 21.2. The summed E-state index contributed by atoms with van der Waals surface area (Å²) in [5, 5.41) is 0. The van der Waals surface area contributed by atoms with Gasteiger partial charge >= 0.3 is 5.97 Å². The Morgan fingerprint density at radius 1 is 1.14 bits per heavy atom. The van der Waals surface area contributed by atoms with Crippen LogP contribution in [0.4, 0.5) is 0 Å². The second-order valence-electron chi connectivity index (χ2n) is 3.80. The van der Waals surface area contributed by atoms with E-state index in [0.717, 1.165) is 12.5 Å². The van der Waals surface area contributed by atoms with E-state index in [1.165, 1.54) is 13.8 Å². The zero-order valence-electron chi connectivity index (χ0n) is 9.25. The molecular weight excluding hydrogens is 200 g/mol. The smallest absolute Gasteiger partial charge is 0.302 e. The summed E-state index contributed by atoms with van der Waals surface area (Å²) in [6.07, 6.45) is 0.756. The number of carbonyl (C=O) groups excluding carboxylic acids is 2. The van der Waals surface area contributed by atoms with Gasteiger partial charge in [-0.1, -0.05) is 0 Å². The minimum Gasteiger partial charge on any atom is -0.520 e. The van der Waals surface area contributed by atoms with Gasteiger partial charge in [0.1, 0.15) is 0 Å². The fourth-order valence-electron chi connectivity index (χ4n) is 1.15. The molecule has 0 N–H and O–H groups in total. The number of ether oxygens (including phenoxy) is 1. The molecule has 0 amide bonds. The lowest BCUT2D eigenvalue weighted by Crippen LogP contribution is -2.32. The first kappa shape index (κ1) is 13.2. The maximum Gasteiger partial charge on any atom is 0.302 e. The van der Waals surface area contributed by atoms with Gasteiger partial charge in [-0.15, -0.1) is 0 Å². The van der Waals surface area contributed by atoms with E-state index < -0.39 is 8.32 Å². The predicted molar refractivity (Wildman–Crippen MR) is 55.3 cm³/mol. The Kier molecular flexibility index (Phi) is 5.45. The second-order valence-corrected chi connectivity index (χ2v) is 8.02. The minimum atomic E-state index is -1.88. The summed E-state index contributed by atoms with van der Waals surface area (Å²) in [5.74, 6) is -0.494. The molecule has 0 aromatic heterocycles. The third-order valence-corrected chi connectivity index (χ3v) is 4.05. The van der Waals surface area contributed by atoms with Crippen LogP contribution in [0, 0.1) is 0 Å². The van der Waals surface area contributed by atoms with E-state index in [1.807, 2.05) is 13.1 Å². The first-order valence-corrected chi connectivity index (χ1v) is 7.78. The topological polar surface area (TPSA) is 52.6 Å². The van der Waals surface area contributed by atoms with Crippen molar-refractivity contribution in [2.45, 2.75) is 39.4 Å². The fraction of sp³-hybridized carbons (Fsp3) is 0.778. The van der Waals surface area contributed by atoms with Crippen molar-refractivity contribution < 1.29 is 18.8 Å². The van der Waals surface area contributed by atoms with Crippen molar-refractivity contribution >= 4 is 20.3 Å². The molecule has 0 aliphatic heterocycles. The van der Waals surface area contributed by atoms with E-state index in [0.29, 0.717) is 6.61 Å². The molecule has 0 spiro atoms. The van der Waals surface area contributed by atoms with Gasteiger partial charge in [-0.3, -0.25) is 9.59 Å². The average Bonchev–Trinajstić information content (AvgIpc) is 1.95. The molecule has 82 valence electrons. The third-order valence-electron chi connectivity index (χ3n) is 1.65. The van der Waals surface area contributed by atoms with Gasteiger partial charge in [-0.25, -0.2) is 0 Å². The summed E-state index contributed by atoms with van der Waals surface area (Å²) in [6, 6.07) is 0.819. The van der Waals surface area contributed by atoms with Crippen LogP contribution in [0.5, 0.6) is 0 Å². The van der Waals surface area contributed by atoms with Crippen LogP contribution in [0.15, 0.2) is 0 Å². The molecule has 4 nitrogen and oxygen atoms in total. The summed E-state index contributed by atoms with van der Waals surface area (Å²) in [7, 11) is -1.88. The molecule has 0 atom stereocenters. The molecule has 14 heavy (non-hydrogen) atoms.